The molecule has 0 saturated heterocycles. The van der Waals surface area contributed by atoms with Crippen molar-refractivity contribution in [1.29, 1.82) is 0 Å². The van der Waals surface area contributed by atoms with Gasteiger partial charge in [-0.25, -0.2) is 0 Å². The maximum atomic E-state index is 10.9. The Bertz CT molecular complexity index is 101. The van der Waals surface area contributed by atoms with E-state index in [0.717, 1.165) is 6.42 Å². The molecule has 0 heterocycles. The molecule has 0 aromatic carbocycles. The minimum atomic E-state index is 0.303. The molecule has 1 unspecified atom stereocenters. The van der Waals surface area contributed by atoms with E-state index in [1.165, 1.54) is 0 Å². The summed E-state index contributed by atoms with van der Waals surface area (Å²) >= 11 is 0. The van der Waals surface area contributed by atoms with Crippen LogP contribution < -0.4 is 5.73 Å². The summed E-state index contributed by atoms with van der Waals surface area (Å²) in [6.45, 7) is 4.68. The van der Waals surface area contributed by atoms with E-state index in [2.05, 4.69) is 13.8 Å². The van der Waals surface area contributed by atoms with E-state index < -0.39 is 0 Å². The average molecular weight is 143 g/mol. The number of rotatable bonds is 5. The van der Waals surface area contributed by atoms with E-state index in [0.29, 0.717) is 31.1 Å². The van der Waals surface area contributed by atoms with Crippen LogP contribution >= 0.6 is 0 Å². The summed E-state index contributed by atoms with van der Waals surface area (Å²) in [6, 6.07) is 0. The summed E-state index contributed by atoms with van der Waals surface area (Å²) in [7, 11) is 0. The van der Waals surface area contributed by atoms with Gasteiger partial charge in [-0.1, -0.05) is 20.3 Å². The number of Topliss-reactive ketones (excluding diaryl/α,β-unsaturated/α-hetero) is 1. The Hall–Kier alpha value is -0.370. The van der Waals surface area contributed by atoms with Crippen LogP contribution in [0.25, 0.3) is 0 Å². The van der Waals surface area contributed by atoms with Gasteiger partial charge in [-0.2, -0.15) is 0 Å². The summed E-state index contributed by atoms with van der Waals surface area (Å²) in [6.07, 6.45) is 2.33. The smallest absolute Gasteiger partial charge is 0.134 e. The van der Waals surface area contributed by atoms with Crippen molar-refractivity contribution < 1.29 is 4.79 Å². The highest BCUT2D eigenvalue weighted by Crippen LogP contribution is 2.07. The topological polar surface area (TPSA) is 43.1 Å². The molecular formula is C8H17NO. The first kappa shape index (κ1) is 9.63. The first-order valence-electron chi connectivity index (χ1n) is 3.92. The van der Waals surface area contributed by atoms with E-state index in [1.807, 2.05) is 0 Å². The zero-order chi connectivity index (χ0) is 7.98. The van der Waals surface area contributed by atoms with Crippen LogP contribution in [0.5, 0.6) is 0 Å². The molecule has 0 aromatic heterocycles. The molecule has 0 radical (unpaired) electrons. The van der Waals surface area contributed by atoms with E-state index in [9.17, 15) is 4.79 Å². The first-order chi connectivity index (χ1) is 4.70. The molecule has 0 amide bonds. The van der Waals surface area contributed by atoms with Crippen LogP contribution in [-0.4, -0.2) is 12.3 Å². The molecule has 0 aliphatic rings. The van der Waals surface area contributed by atoms with Gasteiger partial charge in [0.1, 0.15) is 5.78 Å². The first-order valence-corrected chi connectivity index (χ1v) is 3.92. The number of ketones is 1. The van der Waals surface area contributed by atoms with Crippen LogP contribution in [0.2, 0.25) is 0 Å². The lowest BCUT2D eigenvalue weighted by Crippen LogP contribution is -2.10. The van der Waals surface area contributed by atoms with E-state index in [1.54, 1.807) is 0 Å². The highest BCUT2D eigenvalue weighted by molar-refractivity contribution is 5.78. The van der Waals surface area contributed by atoms with Crippen molar-refractivity contribution in [2.75, 3.05) is 6.54 Å². The molecule has 0 fully saturated rings. The van der Waals surface area contributed by atoms with Gasteiger partial charge < -0.3 is 5.73 Å². The van der Waals surface area contributed by atoms with Gasteiger partial charge >= 0.3 is 0 Å². The maximum Gasteiger partial charge on any atom is 0.134 e. The quantitative estimate of drug-likeness (QED) is 0.631. The maximum absolute atomic E-state index is 10.9. The second-order valence-corrected chi connectivity index (χ2v) is 2.79. The van der Waals surface area contributed by atoms with Gasteiger partial charge in [-0.3, -0.25) is 4.79 Å². The third kappa shape index (κ3) is 4.50. The molecule has 2 heteroatoms. The molecule has 10 heavy (non-hydrogen) atoms. The Balaban J connectivity index is 3.37. The highest BCUT2D eigenvalue weighted by atomic mass is 16.1. The zero-order valence-corrected chi connectivity index (χ0v) is 6.89. The van der Waals surface area contributed by atoms with E-state index >= 15 is 0 Å². The van der Waals surface area contributed by atoms with Crippen LogP contribution in [0.15, 0.2) is 0 Å². The lowest BCUT2D eigenvalue weighted by atomic mass is 10.0. The molecule has 1 atom stereocenters. The standard InChI is InChI=1S/C8H17NO/c1-3-7(2)6-8(10)4-5-9/h7H,3-6,9H2,1-2H3. The minimum absolute atomic E-state index is 0.303. The Morgan fingerprint density at radius 1 is 1.60 bits per heavy atom. The fourth-order valence-corrected chi connectivity index (χ4v) is 0.796. The predicted molar refractivity (Wildman–Crippen MR) is 42.8 cm³/mol. The van der Waals surface area contributed by atoms with Gasteiger partial charge in [0.15, 0.2) is 0 Å². The highest BCUT2D eigenvalue weighted by Gasteiger charge is 2.05. The van der Waals surface area contributed by atoms with Crippen molar-refractivity contribution in [3.63, 3.8) is 0 Å². The minimum Gasteiger partial charge on any atom is -0.330 e. The molecule has 0 aliphatic carbocycles. The Labute approximate surface area is 62.8 Å². The Kier molecular flexibility index (Phi) is 5.22. The number of hydrogen-bond donors (Lipinski definition) is 1. The van der Waals surface area contributed by atoms with Gasteiger partial charge in [0, 0.05) is 12.8 Å². The van der Waals surface area contributed by atoms with Gasteiger partial charge in [0.05, 0.1) is 0 Å². The molecule has 0 spiro atoms. The summed E-state index contributed by atoms with van der Waals surface area (Å²) < 4.78 is 0. The molecule has 0 rings (SSSR count). The van der Waals surface area contributed by atoms with Crippen LogP contribution in [0.4, 0.5) is 0 Å². The molecule has 0 aliphatic heterocycles. The van der Waals surface area contributed by atoms with Crippen molar-refractivity contribution in [3.8, 4) is 0 Å². The fraction of sp³-hybridized carbons (Fsp3) is 0.875. The molecule has 0 saturated carbocycles. The molecule has 2 N–H and O–H groups in total. The van der Waals surface area contributed by atoms with Crippen LogP contribution in [-0.2, 0) is 4.79 Å². The Morgan fingerprint density at radius 2 is 2.20 bits per heavy atom. The van der Waals surface area contributed by atoms with Crippen molar-refractivity contribution in [2.24, 2.45) is 11.7 Å². The normalized spacial score (nSPS) is 13.1. The van der Waals surface area contributed by atoms with Crippen molar-refractivity contribution in [2.45, 2.75) is 33.1 Å². The molecule has 0 aromatic rings. The van der Waals surface area contributed by atoms with Crippen LogP contribution in [0.3, 0.4) is 0 Å². The largest absolute Gasteiger partial charge is 0.330 e. The summed E-state index contributed by atoms with van der Waals surface area (Å²) in [5.74, 6) is 0.830. The summed E-state index contributed by atoms with van der Waals surface area (Å²) in [4.78, 5) is 10.9. The zero-order valence-electron chi connectivity index (χ0n) is 6.89. The number of hydrogen-bond acceptors (Lipinski definition) is 2. The average Bonchev–Trinajstić information content (AvgIpc) is 1.88. The predicted octanol–water partition coefficient (Wildman–Crippen LogP) is 1.34. The lowest BCUT2D eigenvalue weighted by molar-refractivity contribution is -0.119. The molecule has 2 nitrogen and oxygen atoms in total. The van der Waals surface area contributed by atoms with Crippen molar-refractivity contribution in [3.05, 3.63) is 0 Å². The van der Waals surface area contributed by atoms with E-state index in [-0.39, 0.29) is 0 Å². The van der Waals surface area contributed by atoms with Gasteiger partial charge in [-0.05, 0) is 12.5 Å². The SMILES string of the molecule is CCC(C)CC(=O)CCN. The second-order valence-electron chi connectivity index (χ2n) is 2.79. The Morgan fingerprint density at radius 3 is 2.60 bits per heavy atom. The number of carbonyl (C=O) groups excluding carboxylic acids is 1. The summed E-state index contributed by atoms with van der Waals surface area (Å²) in [5, 5.41) is 0. The van der Waals surface area contributed by atoms with E-state index in [4.69, 9.17) is 5.73 Å². The lowest BCUT2D eigenvalue weighted by Gasteiger charge is -2.05. The molecule has 0 bridgehead atoms. The second kappa shape index (κ2) is 5.42. The van der Waals surface area contributed by atoms with Crippen LogP contribution in [0.1, 0.15) is 33.1 Å². The number of carbonyl (C=O) groups is 1. The molecular weight excluding hydrogens is 126 g/mol. The van der Waals surface area contributed by atoms with Crippen LogP contribution in [0, 0.1) is 5.92 Å². The monoisotopic (exact) mass is 143 g/mol. The van der Waals surface area contributed by atoms with Crippen molar-refractivity contribution >= 4 is 5.78 Å². The van der Waals surface area contributed by atoms with Gasteiger partial charge in [0.25, 0.3) is 0 Å². The fourth-order valence-electron chi connectivity index (χ4n) is 0.796. The van der Waals surface area contributed by atoms with Gasteiger partial charge in [0.2, 0.25) is 0 Å². The summed E-state index contributed by atoms with van der Waals surface area (Å²) in [5.41, 5.74) is 5.23. The molecule has 60 valence electrons. The third-order valence-corrected chi connectivity index (χ3v) is 1.70. The van der Waals surface area contributed by atoms with Crippen molar-refractivity contribution in [1.82, 2.24) is 0 Å². The van der Waals surface area contributed by atoms with Gasteiger partial charge in [-0.15, -0.1) is 0 Å². The number of nitrogens with two attached hydrogens (primary N) is 1. The third-order valence-electron chi connectivity index (χ3n) is 1.70.